The van der Waals surface area contributed by atoms with E-state index in [2.05, 4.69) is 37.3 Å². The second-order valence-corrected chi connectivity index (χ2v) is 10.3. The Morgan fingerprint density at radius 1 is 0.871 bits per heavy atom. The quantitative estimate of drug-likeness (QED) is 0.336. The van der Waals surface area contributed by atoms with E-state index in [0.717, 1.165) is 30.6 Å². The van der Waals surface area contributed by atoms with E-state index in [1.54, 1.807) is 24.3 Å². The molecule has 31 heavy (non-hydrogen) atoms. The number of halogens is 1. The van der Waals surface area contributed by atoms with Gasteiger partial charge in [0.15, 0.2) is 0 Å². The predicted molar refractivity (Wildman–Crippen MR) is 127 cm³/mol. The molecule has 2 aromatic rings. The van der Waals surface area contributed by atoms with Crippen LogP contribution in [0.15, 0.2) is 54.6 Å². The van der Waals surface area contributed by atoms with Crippen LogP contribution in [0.5, 0.6) is 5.75 Å². The van der Waals surface area contributed by atoms with E-state index in [0.29, 0.717) is 16.7 Å². The zero-order valence-corrected chi connectivity index (χ0v) is 19.4. The Hall–Kier alpha value is -1.80. The van der Waals surface area contributed by atoms with Gasteiger partial charge in [0.25, 0.3) is 0 Å². The standard InChI is InChI=1S/C28H35ClO2/c1-20(22-5-3-2-4-6-22)19-21-7-9-23(10-8-21)24-11-13-25(14-12-24)28(30)31-27-17-15-26(29)16-18-27/h2-6,15-18,20-21,23-25H,7-14,19H2,1H3/t20-,21?,23?,24?,25?/m0/s1. The van der Waals surface area contributed by atoms with Crippen LogP contribution in [0.3, 0.4) is 0 Å². The molecule has 2 nitrogen and oxygen atoms in total. The summed E-state index contributed by atoms with van der Waals surface area (Å²) < 4.78 is 5.58. The summed E-state index contributed by atoms with van der Waals surface area (Å²) in [5.74, 6) is 3.76. The van der Waals surface area contributed by atoms with E-state index in [4.69, 9.17) is 16.3 Å². The first-order valence-corrected chi connectivity index (χ1v) is 12.5. The molecule has 0 bridgehead atoms. The van der Waals surface area contributed by atoms with Crippen LogP contribution in [0.1, 0.15) is 76.2 Å². The Balaban J connectivity index is 1.18. The number of hydrogen-bond donors (Lipinski definition) is 0. The maximum atomic E-state index is 12.5. The second kappa shape index (κ2) is 10.7. The minimum absolute atomic E-state index is 0.0509. The van der Waals surface area contributed by atoms with Gasteiger partial charge in [0.1, 0.15) is 5.75 Å². The van der Waals surface area contributed by atoms with Crippen molar-refractivity contribution in [3.63, 3.8) is 0 Å². The molecular weight excluding hydrogens is 404 g/mol. The van der Waals surface area contributed by atoms with E-state index in [-0.39, 0.29) is 11.9 Å². The molecule has 0 saturated heterocycles. The van der Waals surface area contributed by atoms with E-state index in [1.165, 1.54) is 50.5 Å². The van der Waals surface area contributed by atoms with Crippen molar-refractivity contribution in [2.75, 3.05) is 0 Å². The van der Waals surface area contributed by atoms with Gasteiger partial charge in [-0.3, -0.25) is 4.79 Å². The predicted octanol–water partition coefficient (Wildman–Crippen LogP) is 8.05. The molecule has 0 spiro atoms. The molecule has 2 saturated carbocycles. The lowest BCUT2D eigenvalue weighted by Gasteiger charge is -2.38. The second-order valence-electron chi connectivity index (χ2n) is 9.81. The van der Waals surface area contributed by atoms with Gasteiger partial charge >= 0.3 is 5.97 Å². The first kappa shape index (κ1) is 22.4. The zero-order chi connectivity index (χ0) is 21.6. The minimum atomic E-state index is -0.0700. The van der Waals surface area contributed by atoms with Crippen molar-refractivity contribution < 1.29 is 9.53 Å². The number of benzene rings is 2. The third-order valence-electron chi connectivity index (χ3n) is 7.75. The molecule has 2 aromatic carbocycles. The number of carbonyl (C=O) groups excluding carboxylic acids is 1. The lowest BCUT2D eigenvalue weighted by Crippen LogP contribution is -2.30. The zero-order valence-electron chi connectivity index (χ0n) is 18.6. The normalized spacial score (nSPS) is 27.4. The van der Waals surface area contributed by atoms with Gasteiger partial charge in [-0.25, -0.2) is 0 Å². The Morgan fingerprint density at radius 2 is 1.45 bits per heavy atom. The van der Waals surface area contributed by atoms with Crippen molar-refractivity contribution in [3.8, 4) is 5.75 Å². The number of ether oxygens (including phenoxy) is 1. The van der Waals surface area contributed by atoms with E-state index < -0.39 is 0 Å². The molecule has 0 radical (unpaired) electrons. The fraction of sp³-hybridized carbons (Fsp3) is 0.536. The molecule has 4 rings (SSSR count). The van der Waals surface area contributed by atoms with Gasteiger partial charge in [-0.15, -0.1) is 0 Å². The van der Waals surface area contributed by atoms with Crippen LogP contribution in [0, 0.1) is 23.7 Å². The molecule has 0 aromatic heterocycles. The Labute approximate surface area is 192 Å². The van der Waals surface area contributed by atoms with Crippen LogP contribution in [0.25, 0.3) is 0 Å². The summed E-state index contributed by atoms with van der Waals surface area (Å²) in [5, 5.41) is 0.657. The number of hydrogen-bond acceptors (Lipinski definition) is 2. The van der Waals surface area contributed by atoms with Crippen molar-refractivity contribution in [2.45, 2.75) is 70.6 Å². The fourth-order valence-electron chi connectivity index (χ4n) is 5.84. The highest BCUT2D eigenvalue weighted by Gasteiger charge is 2.34. The number of rotatable bonds is 6. The smallest absolute Gasteiger partial charge is 0.314 e. The first-order chi connectivity index (χ1) is 15.1. The third kappa shape index (κ3) is 6.13. The topological polar surface area (TPSA) is 26.3 Å². The van der Waals surface area contributed by atoms with Gasteiger partial charge in [0.2, 0.25) is 0 Å². The fourth-order valence-corrected chi connectivity index (χ4v) is 5.97. The maximum Gasteiger partial charge on any atom is 0.314 e. The van der Waals surface area contributed by atoms with Crippen molar-refractivity contribution in [2.24, 2.45) is 23.7 Å². The highest BCUT2D eigenvalue weighted by Crippen LogP contribution is 2.43. The molecule has 0 heterocycles. The van der Waals surface area contributed by atoms with Gasteiger partial charge < -0.3 is 4.74 Å². The van der Waals surface area contributed by atoms with Crippen LogP contribution in [0.2, 0.25) is 5.02 Å². The molecule has 2 aliphatic carbocycles. The summed E-state index contributed by atoms with van der Waals surface area (Å²) in [7, 11) is 0. The summed E-state index contributed by atoms with van der Waals surface area (Å²) in [6.45, 7) is 2.38. The van der Waals surface area contributed by atoms with Gasteiger partial charge in [-0.05, 0) is 98.4 Å². The highest BCUT2D eigenvalue weighted by atomic mass is 35.5. The molecule has 1 atom stereocenters. The van der Waals surface area contributed by atoms with Gasteiger partial charge in [-0.1, -0.05) is 61.7 Å². The molecule has 2 aliphatic rings. The molecular formula is C28H35ClO2. The van der Waals surface area contributed by atoms with Crippen LogP contribution in [0.4, 0.5) is 0 Å². The number of esters is 1. The van der Waals surface area contributed by atoms with E-state index >= 15 is 0 Å². The molecule has 166 valence electrons. The lowest BCUT2D eigenvalue weighted by atomic mass is 9.68. The summed E-state index contributed by atoms with van der Waals surface area (Å²) in [6, 6.07) is 18.0. The van der Waals surface area contributed by atoms with Gasteiger partial charge in [-0.2, -0.15) is 0 Å². The van der Waals surface area contributed by atoms with Crippen LogP contribution < -0.4 is 4.74 Å². The number of carbonyl (C=O) groups is 1. The van der Waals surface area contributed by atoms with Gasteiger partial charge in [0, 0.05) is 5.02 Å². The third-order valence-corrected chi connectivity index (χ3v) is 8.00. The summed E-state index contributed by atoms with van der Waals surface area (Å²) in [6.07, 6.45) is 11.1. The lowest BCUT2D eigenvalue weighted by molar-refractivity contribution is -0.140. The van der Waals surface area contributed by atoms with E-state index in [1.807, 2.05) is 0 Å². The Kier molecular flexibility index (Phi) is 7.72. The van der Waals surface area contributed by atoms with Crippen molar-refractivity contribution in [1.29, 1.82) is 0 Å². The molecule has 2 fully saturated rings. The van der Waals surface area contributed by atoms with Crippen LogP contribution in [-0.4, -0.2) is 5.97 Å². The SMILES string of the molecule is C[C@@H](CC1CCC(C2CCC(C(=O)Oc3ccc(Cl)cc3)CC2)CC1)c1ccccc1. The van der Waals surface area contributed by atoms with Crippen LogP contribution >= 0.6 is 11.6 Å². The average molecular weight is 439 g/mol. The summed E-state index contributed by atoms with van der Waals surface area (Å²) in [4.78, 5) is 12.5. The Morgan fingerprint density at radius 3 is 2.06 bits per heavy atom. The maximum absolute atomic E-state index is 12.5. The Bertz CT molecular complexity index is 816. The van der Waals surface area contributed by atoms with Crippen molar-refractivity contribution in [1.82, 2.24) is 0 Å². The molecule has 0 amide bonds. The molecule has 3 heteroatoms. The minimum Gasteiger partial charge on any atom is -0.426 e. The first-order valence-electron chi connectivity index (χ1n) is 12.1. The molecule has 0 N–H and O–H groups in total. The largest absolute Gasteiger partial charge is 0.426 e. The van der Waals surface area contributed by atoms with Gasteiger partial charge in [0.05, 0.1) is 5.92 Å². The van der Waals surface area contributed by atoms with Crippen molar-refractivity contribution in [3.05, 3.63) is 65.2 Å². The summed E-state index contributed by atoms with van der Waals surface area (Å²) >= 11 is 5.91. The van der Waals surface area contributed by atoms with Crippen LogP contribution in [-0.2, 0) is 4.79 Å². The summed E-state index contributed by atoms with van der Waals surface area (Å²) in [5.41, 5.74) is 1.48. The van der Waals surface area contributed by atoms with Crippen molar-refractivity contribution >= 4 is 17.6 Å². The average Bonchev–Trinajstić information content (AvgIpc) is 2.82. The highest BCUT2D eigenvalue weighted by molar-refractivity contribution is 6.30. The molecule has 0 unspecified atom stereocenters. The molecule has 0 aliphatic heterocycles. The van der Waals surface area contributed by atoms with E-state index in [9.17, 15) is 4.79 Å². The monoisotopic (exact) mass is 438 g/mol.